The lowest BCUT2D eigenvalue weighted by atomic mass is 9.56. The Kier molecular flexibility index (Phi) is 3.02. The first kappa shape index (κ1) is 12.8. The highest BCUT2D eigenvalue weighted by Crippen LogP contribution is 2.53. The summed E-state index contributed by atoms with van der Waals surface area (Å²) in [5, 5.41) is 9.75. The highest BCUT2D eigenvalue weighted by molar-refractivity contribution is 5.94. The van der Waals surface area contributed by atoms with Gasteiger partial charge in [-0.15, -0.1) is 0 Å². The molecule has 0 aromatic rings. The zero-order chi connectivity index (χ0) is 13.5. The molecule has 0 aromatic heterocycles. The number of nitriles is 1. The van der Waals surface area contributed by atoms with E-state index in [0.29, 0.717) is 6.42 Å². The minimum absolute atomic E-state index is 0.0684. The summed E-state index contributed by atoms with van der Waals surface area (Å²) in [7, 11) is 0. The van der Waals surface area contributed by atoms with E-state index in [9.17, 15) is 10.1 Å². The molecule has 0 unspecified atom stereocenters. The zero-order valence-corrected chi connectivity index (χ0v) is 11.3. The fourth-order valence-electron chi connectivity index (χ4n) is 3.31. The largest absolute Gasteiger partial charge is 0.295 e. The third kappa shape index (κ3) is 1.66. The summed E-state index contributed by atoms with van der Waals surface area (Å²) in [5.74, 6) is 0.208. The molecule has 0 N–H and O–H groups in total. The molecule has 2 heteroatoms. The van der Waals surface area contributed by atoms with Gasteiger partial charge in [0.2, 0.25) is 0 Å². The maximum absolute atomic E-state index is 11.9. The summed E-state index contributed by atoms with van der Waals surface area (Å²) >= 11 is 0. The minimum Gasteiger partial charge on any atom is -0.295 e. The lowest BCUT2D eigenvalue weighted by Crippen LogP contribution is -2.40. The van der Waals surface area contributed by atoms with Gasteiger partial charge in [-0.2, -0.15) is 5.26 Å². The van der Waals surface area contributed by atoms with Crippen LogP contribution in [0.25, 0.3) is 0 Å². The molecule has 0 heterocycles. The average Bonchev–Trinajstić information content (AvgIpc) is 2.31. The van der Waals surface area contributed by atoms with Gasteiger partial charge >= 0.3 is 0 Å². The Morgan fingerprint density at radius 1 is 1.61 bits per heavy atom. The molecule has 0 saturated carbocycles. The second-order valence-corrected chi connectivity index (χ2v) is 5.67. The van der Waals surface area contributed by atoms with E-state index in [1.807, 2.05) is 20.8 Å². The molecule has 0 amide bonds. The number of nitrogens with zero attached hydrogens (tertiary/aromatic N) is 1. The molecule has 0 bridgehead atoms. The van der Waals surface area contributed by atoms with Gasteiger partial charge in [0.1, 0.15) is 0 Å². The molecule has 94 valence electrons. The first-order valence-electron chi connectivity index (χ1n) is 6.42. The second kappa shape index (κ2) is 4.24. The number of ketones is 1. The fourth-order valence-corrected chi connectivity index (χ4v) is 3.31. The van der Waals surface area contributed by atoms with Crippen LogP contribution in [-0.4, -0.2) is 5.78 Å². The molecule has 18 heavy (non-hydrogen) atoms. The number of rotatable bonds is 1. The maximum atomic E-state index is 11.9. The molecular weight excluding hydrogens is 222 g/mol. The van der Waals surface area contributed by atoms with Crippen molar-refractivity contribution in [3.8, 4) is 6.07 Å². The summed E-state index contributed by atoms with van der Waals surface area (Å²) in [6.07, 6.45) is 5.30. The Hall–Kier alpha value is -1.62. The summed E-state index contributed by atoms with van der Waals surface area (Å²) < 4.78 is 0. The standard InChI is InChI=1S/C16H19NO/c1-10(2)13-6-5-11(3)14-7-15(18)12(4)8-16(13,14)9-17/h5,7,12-13H,1,6,8H2,2-4H3/t12-,13+,16-/m0/s1. The predicted octanol–water partition coefficient (Wildman–Crippen LogP) is 3.57. The van der Waals surface area contributed by atoms with Gasteiger partial charge in [-0.3, -0.25) is 4.79 Å². The van der Waals surface area contributed by atoms with E-state index in [4.69, 9.17) is 0 Å². The summed E-state index contributed by atoms with van der Waals surface area (Å²) in [5.41, 5.74) is 2.49. The van der Waals surface area contributed by atoms with E-state index in [-0.39, 0.29) is 17.6 Å². The molecule has 2 aliphatic carbocycles. The van der Waals surface area contributed by atoms with Gasteiger partial charge in [0.05, 0.1) is 11.5 Å². The van der Waals surface area contributed by atoms with Gasteiger partial charge in [-0.25, -0.2) is 0 Å². The lowest BCUT2D eigenvalue weighted by molar-refractivity contribution is -0.119. The van der Waals surface area contributed by atoms with Gasteiger partial charge in [-0.1, -0.05) is 30.7 Å². The Bertz CT molecular complexity index is 518. The summed E-state index contributed by atoms with van der Waals surface area (Å²) in [6, 6.07) is 2.51. The zero-order valence-electron chi connectivity index (χ0n) is 11.3. The number of allylic oxidation sites excluding steroid dienone is 5. The van der Waals surface area contributed by atoms with Crippen LogP contribution in [0.4, 0.5) is 0 Å². The van der Waals surface area contributed by atoms with Crippen molar-refractivity contribution in [2.24, 2.45) is 17.3 Å². The van der Waals surface area contributed by atoms with Crippen molar-refractivity contribution in [2.45, 2.75) is 33.6 Å². The van der Waals surface area contributed by atoms with E-state index >= 15 is 0 Å². The Labute approximate surface area is 109 Å². The molecule has 0 aliphatic heterocycles. The van der Waals surface area contributed by atoms with E-state index < -0.39 is 5.41 Å². The molecule has 0 aromatic carbocycles. The van der Waals surface area contributed by atoms with Crippen LogP contribution in [0.1, 0.15) is 33.6 Å². The van der Waals surface area contributed by atoms with Crippen LogP contribution in [0, 0.1) is 28.6 Å². The molecule has 2 rings (SSSR count). The summed E-state index contributed by atoms with van der Waals surface area (Å²) in [6.45, 7) is 9.93. The number of hydrogen-bond donors (Lipinski definition) is 0. The van der Waals surface area contributed by atoms with Crippen molar-refractivity contribution in [3.05, 3.63) is 35.5 Å². The molecule has 2 aliphatic rings. The van der Waals surface area contributed by atoms with Crippen molar-refractivity contribution >= 4 is 5.78 Å². The van der Waals surface area contributed by atoms with Gasteiger partial charge < -0.3 is 0 Å². The van der Waals surface area contributed by atoms with E-state index in [0.717, 1.165) is 23.1 Å². The third-order valence-corrected chi connectivity index (χ3v) is 4.35. The molecule has 0 fully saturated rings. The fraction of sp³-hybridized carbons (Fsp3) is 0.500. The van der Waals surface area contributed by atoms with Crippen LogP contribution >= 0.6 is 0 Å². The van der Waals surface area contributed by atoms with E-state index in [1.165, 1.54) is 0 Å². The second-order valence-electron chi connectivity index (χ2n) is 5.67. The van der Waals surface area contributed by atoms with Crippen molar-refractivity contribution in [1.29, 1.82) is 5.26 Å². The van der Waals surface area contributed by atoms with Crippen LogP contribution < -0.4 is 0 Å². The monoisotopic (exact) mass is 241 g/mol. The van der Waals surface area contributed by atoms with Gasteiger partial charge in [0.25, 0.3) is 0 Å². The molecule has 2 nitrogen and oxygen atoms in total. The SMILES string of the molecule is C=C(C)[C@H]1CC=C(C)C2=CC(=O)[C@@H](C)C[C@@]21C#N. The number of hydrogen-bond acceptors (Lipinski definition) is 2. The van der Waals surface area contributed by atoms with E-state index in [2.05, 4.69) is 18.7 Å². The number of fused-ring (bicyclic) bond motifs is 1. The molecule has 0 saturated heterocycles. The molecule has 0 spiro atoms. The van der Waals surface area contributed by atoms with Crippen LogP contribution in [0.3, 0.4) is 0 Å². The molecular formula is C16H19NO. The number of carbonyl (C=O) groups excluding carboxylic acids is 1. The lowest BCUT2D eigenvalue weighted by Gasteiger charge is -2.44. The van der Waals surface area contributed by atoms with Crippen LogP contribution in [0.5, 0.6) is 0 Å². The Balaban J connectivity index is 2.64. The normalized spacial score (nSPS) is 35.1. The van der Waals surface area contributed by atoms with Crippen LogP contribution in [0.15, 0.2) is 35.5 Å². The predicted molar refractivity (Wildman–Crippen MR) is 71.6 cm³/mol. The first-order valence-corrected chi connectivity index (χ1v) is 6.42. The molecule has 0 radical (unpaired) electrons. The number of carbonyl (C=O) groups is 1. The highest BCUT2D eigenvalue weighted by atomic mass is 16.1. The maximum Gasteiger partial charge on any atom is 0.158 e. The first-order chi connectivity index (χ1) is 8.42. The highest BCUT2D eigenvalue weighted by Gasteiger charge is 2.49. The van der Waals surface area contributed by atoms with Gasteiger partial charge in [-0.05, 0) is 38.3 Å². The van der Waals surface area contributed by atoms with Gasteiger partial charge in [0.15, 0.2) is 5.78 Å². The van der Waals surface area contributed by atoms with Crippen molar-refractivity contribution in [1.82, 2.24) is 0 Å². The van der Waals surface area contributed by atoms with E-state index in [1.54, 1.807) is 6.08 Å². The smallest absolute Gasteiger partial charge is 0.158 e. The third-order valence-electron chi connectivity index (χ3n) is 4.35. The Morgan fingerprint density at radius 2 is 2.28 bits per heavy atom. The molecule has 3 atom stereocenters. The van der Waals surface area contributed by atoms with Crippen LogP contribution in [0.2, 0.25) is 0 Å². The van der Waals surface area contributed by atoms with Crippen LogP contribution in [-0.2, 0) is 4.79 Å². The van der Waals surface area contributed by atoms with Crippen molar-refractivity contribution in [2.75, 3.05) is 0 Å². The topological polar surface area (TPSA) is 40.9 Å². The quantitative estimate of drug-likeness (QED) is 0.658. The van der Waals surface area contributed by atoms with Gasteiger partial charge in [0, 0.05) is 11.8 Å². The minimum atomic E-state index is -0.544. The average molecular weight is 241 g/mol. The summed E-state index contributed by atoms with van der Waals surface area (Å²) in [4.78, 5) is 11.9. The van der Waals surface area contributed by atoms with Crippen molar-refractivity contribution < 1.29 is 4.79 Å². The Morgan fingerprint density at radius 3 is 2.83 bits per heavy atom. The van der Waals surface area contributed by atoms with Crippen molar-refractivity contribution in [3.63, 3.8) is 0 Å².